The first kappa shape index (κ1) is 18.7. The first-order valence-corrected chi connectivity index (χ1v) is 9.38. The van der Waals surface area contributed by atoms with Crippen LogP contribution in [0, 0.1) is 11.8 Å². The van der Waals surface area contributed by atoms with Crippen LogP contribution in [0.1, 0.15) is 18.4 Å². The Hall–Kier alpha value is -2.04. The van der Waals surface area contributed by atoms with Crippen LogP contribution in [-0.2, 0) is 16.0 Å². The molecule has 2 atom stereocenters. The molecule has 2 aromatic rings. The lowest BCUT2D eigenvalue weighted by Crippen LogP contribution is -2.28. The van der Waals surface area contributed by atoms with E-state index in [1.165, 1.54) is 5.56 Å². The van der Waals surface area contributed by atoms with Gasteiger partial charge in [-0.05, 0) is 43.0 Å². The normalized spacial score (nSPS) is 18.2. The van der Waals surface area contributed by atoms with E-state index in [1.54, 1.807) is 18.2 Å². The topological polar surface area (TPSA) is 58.2 Å². The van der Waals surface area contributed by atoms with Crippen molar-refractivity contribution in [3.05, 3.63) is 64.1 Å². The van der Waals surface area contributed by atoms with Crippen molar-refractivity contribution in [3.63, 3.8) is 0 Å². The second kappa shape index (κ2) is 8.56. The van der Waals surface area contributed by atoms with E-state index in [-0.39, 0.29) is 23.7 Å². The molecule has 2 N–H and O–H groups in total. The smallest absolute Gasteiger partial charge is 0.228 e. The Morgan fingerprint density at radius 1 is 0.962 bits per heavy atom. The SMILES string of the molecule is O=C(NCCCc1ccccc1)C1CC1C(=O)Nc1ccc(Cl)c(Cl)c1. The lowest BCUT2D eigenvalue weighted by atomic mass is 10.1. The number of halogens is 2. The summed E-state index contributed by atoms with van der Waals surface area (Å²) >= 11 is 11.8. The molecule has 0 bridgehead atoms. The zero-order valence-corrected chi connectivity index (χ0v) is 15.7. The summed E-state index contributed by atoms with van der Waals surface area (Å²) in [5.74, 6) is -0.728. The number of carbonyl (C=O) groups is 2. The molecule has 0 spiro atoms. The highest BCUT2D eigenvalue weighted by molar-refractivity contribution is 6.42. The van der Waals surface area contributed by atoms with Crippen LogP contribution >= 0.6 is 23.2 Å². The average molecular weight is 391 g/mol. The van der Waals surface area contributed by atoms with E-state index in [1.807, 2.05) is 18.2 Å². The molecule has 0 saturated heterocycles. The molecule has 0 aromatic heterocycles. The monoisotopic (exact) mass is 390 g/mol. The molecule has 6 heteroatoms. The van der Waals surface area contributed by atoms with E-state index in [4.69, 9.17) is 23.2 Å². The van der Waals surface area contributed by atoms with Gasteiger partial charge in [0, 0.05) is 12.2 Å². The van der Waals surface area contributed by atoms with Crippen LogP contribution in [0.3, 0.4) is 0 Å². The van der Waals surface area contributed by atoms with Gasteiger partial charge in [-0.15, -0.1) is 0 Å². The maximum atomic E-state index is 12.2. The minimum atomic E-state index is -0.279. The van der Waals surface area contributed by atoms with Gasteiger partial charge in [0.1, 0.15) is 0 Å². The largest absolute Gasteiger partial charge is 0.356 e. The predicted molar refractivity (Wildman–Crippen MR) is 104 cm³/mol. The highest BCUT2D eigenvalue weighted by atomic mass is 35.5. The summed E-state index contributed by atoms with van der Waals surface area (Å²) in [7, 11) is 0. The van der Waals surface area contributed by atoms with E-state index in [0.717, 1.165) is 12.8 Å². The molecule has 0 radical (unpaired) electrons. The van der Waals surface area contributed by atoms with Crippen molar-refractivity contribution < 1.29 is 9.59 Å². The number of rotatable bonds is 7. The number of nitrogens with one attached hydrogen (secondary N) is 2. The van der Waals surface area contributed by atoms with Gasteiger partial charge in [-0.1, -0.05) is 53.5 Å². The van der Waals surface area contributed by atoms with Crippen LogP contribution in [0.2, 0.25) is 10.0 Å². The molecule has 1 aliphatic rings. The summed E-state index contributed by atoms with van der Waals surface area (Å²) in [5.41, 5.74) is 1.84. The predicted octanol–water partition coefficient (Wildman–Crippen LogP) is 4.32. The molecule has 1 aliphatic carbocycles. The Kier molecular flexibility index (Phi) is 6.17. The number of anilines is 1. The minimum absolute atomic E-state index is 0.0487. The van der Waals surface area contributed by atoms with E-state index in [9.17, 15) is 9.59 Å². The summed E-state index contributed by atoms with van der Waals surface area (Å²) in [4.78, 5) is 24.4. The standard InChI is InChI=1S/C20H20Cl2N2O2/c21-17-9-8-14(11-18(17)22)24-20(26)16-12-15(16)19(25)23-10-4-7-13-5-2-1-3-6-13/h1-3,5-6,8-9,11,15-16H,4,7,10,12H2,(H,23,25)(H,24,26). The van der Waals surface area contributed by atoms with E-state index in [2.05, 4.69) is 22.8 Å². The van der Waals surface area contributed by atoms with Crippen molar-refractivity contribution >= 4 is 40.7 Å². The molecular formula is C20H20Cl2N2O2. The highest BCUT2D eigenvalue weighted by Crippen LogP contribution is 2.39. The molecular weight excluding hydrogens is 371 g/mol. The van der Waals surface area contributed by atoms with Gasteiger partial charge in [0.25, 0.3) is 0 Å². The summed E-state index contributed by atoms with van der Waals surface area (Å²) in [5, 5.41) is 6.52. The Bertz CT molecular complexity index is 796. The first-order chi connectivity index (χ1) is 12.5. The zero-order valence-electron chi connectivity index (χ0n) is 14.2. The molecule has 1 fully saturated rings. The Morgan fingerprint density at radius 3 is 2.42 bits per heavy atom. The van der Waals surface area contributed by atoms with Crippen molar-refractivity contribution in [2.45, 2.75) is 19.3 Å². The van der Waals surface area contributed by atoms with Crippen LogP contribution in [0.5, 0.6) is 0 Å². The van der Waals surface area contributed by atoms with Crippen LogP contribution in [0.4, 0.5) is 5.69 Å². The van der Waals surface area contributed by atoms with Gasteiger partial charge in [0.15, 0.2) is 0 Å². The lowest BCUT2D eigenvalue weighted by Gasteiger charge is -2.07. The molecule has 4 nitrogen and oxygen atoms in total. The number of carbonyl (C=O) groups excluding carboxylic acids is 2. The average Bonchev–Trinajstić information content (AvgIpc) is 3.44. The first-order valence-electron chi connectivity index (χ1n) is 8.62. The molecule has 2 aromatic carbocycles. The van der Waals surface area contributed by atoms with Gasteiger partial charge in [-0.3, -0.25) is 9.59 Å². The summed E-state index contributed by atoms with van der Waals surface area (Å²) in [6.45, 7) is 0.616. The summed E-state index contributed by atoms with van der Waals surface area (Å²) in [6.07, 6.45) is 2.38. The fraction of sp³-hybridized carbons (Fsp3) is 0.300. The molecule has 0 aliphatic heterocycles. The van der Waals surface area contributed by atoms with E-state index in [0.29, 0.717) is 28.7 Å². The third-order valence-corrected chi connectivity index (χ3v) is 5.17. The molecule has 26 heavy (non-hydrogen) atoms. The second-order valence-corrected chi connectivity index (χ2v) is 7.26. The van der Waals surface area contributed by atoms with Crippen LogP contribution in [-0.4, -0.2) is 18.4 Å². The van der Waals surface area contributed by atoms with Crippen molar-refractivity contribution in [2.75, 3.05) is 11.9 Å². The van der Waals surface area contributed by atoms with Gasteiger partial charge < -0.3 is 10.6 Å². The molecule has 2 amide bonds. The number of hydrogen-bond donors (Lipinski definition) is 2. The Labute approximate surface area is 162 Å². The van der Waals surface area contributed by atoms with Gasteiger partial charge in [-0.25, -0.2) is 0 Å². The van der Waals surface area contributed by atoms with Gasteiger partial charge >= 0.3 is 0 Å². The van der Waals surface area contributed by atoms with Gasteiger partial charge in [-0.2, -0.15) is 0 Å². The van der Waals surface area contributed by atoms with Gasteiger partial charge in [0.05, 0.1) is 21.9 Å². The van der Waals surface area contributed by atoms with Crippen molar-refractivity contribution in [2.24, 2.45) is 11.8 Å². The molecule has 0 heterocycles. The lowest BCUT2D eigenvalue weighted by molar-refractivity contribution is -0.125. The van der Waals surface area contributed by atoms with Crippen LogP contribution in [0.25, 0.3) is 0 Å². The third kappa shape index (κ3) is 4.99. The fourth-order valence-electron chi connectivity index (χ4n) is 2.86. The van der Waals surface area contributed by atoms with E-state index < -0.39 is 0 Å². The Morgan fingerprint density at radius 2 is 1.69 bits per heavy atom. The molecule has 136 valence electrons. The van der Waals surface area contributed by atoms with Crippen LogP contribution < -0.4 is 10.6 Å². The third-order valence-electron chi connectivity index (χ3n) is 4.44. The number of aryl methyl sites for hydroxylation is 1. The number of benzene rings is 2. The quantitative estimate of drug-likeness (QED) is 0.691. The fourth-order valence-corrected chi connectivity index (χ4v) is 3.16. The molecule has 1 saturated carbocycles. The van der Waals surface area contributed by atoms with Crippen LogP contribution in [0.15, 0.2) is 48.5 Å². The second-order valence-electron chi connectivity index (χ2n) is 6.45. The maximum Gasteiger partial charge on any atom is 0.228 e. The number of hydrogen-bond acceptors (Lipinski definition) is 2. The summed E-state index contributed by atoms with van der Waals surface area (Å²) in [6, 6.07) is 15.1. The minimum Gasteiger partial charge on any atom is -0.356 e. The van der Waals surface area contributed by atoms with Crippen molar-refractivity contribution in [3.8, 4) is 0 Å². The number of amides is 2. The molecule has 2 unspecified atom stereocenters. The van der Waals surface area contributed by atoms with Crippen molar-refractivity contribution in [1.29, 1.82) is 0 Å². The summed E-state index contributed by atoms with van der Waals surface area (Å²) < 4.78 is 0. The van der Waals surface area contributed by atoms with E-state index >= 15 is 0 Å². The zero-order chi connectivity index (χ0) is 18.5. The highest BCUT2D eigenvalue weighted by Gasteiger charge is 2.47. The van der Waals surface area contributed by atoms with Gasteiger partial charge in [0.2, 0.25) is 11.8 Å². The maximum absolute atomic E-state index is 12.2. The van der Waals surface area contributed by atoms with Crippen molar-refractivity contribution in [1.82, 2.24) is 5.32 Å². The Balaban J connectivity index is 1.39. The molecule has 3 rings (SSSR count).